The molecule has 92 valence electrons. The summed E-state index contributed by atoms with van der Waals surface area (Å²) in [7, 11) is 0. The van der Waals surface area contributed by atoms with Crippen LogP contribution in [0.2, 0.25) is 0 Å². The van der Waals surface area contributed by atoms with Crippen molar-refractivity contribution in [3.05, 3.63) is 12.2 Å². The van der Waals surface area contributed by atoms with Crippen LogP contribution >= 0.6 is 0 Å². The lowest BCUT2D eigenvalue weighted by Crippen LogP contribution is -2.36. The van der Waals surface area contributed by atoms with Crippen molar-refractivity contribution in [1.29, 1.82) is 0 Å². The summed E-state index contributed by atoms with van der Waals surface area (Å²) in [5.74, 6) is -1.57. The molecule has 0 heterocycles. The van der Waals surface area contributed by atoms with Crippen molar-refractivity contribution in [2.24, 2.45) is 5.92 Å². The van der Waals surface area contributed by atoms with Gasteiger partial charge in [-0.05, 0) is 19.3 Å². The Bertz CT molecular complexity index is 281. The number of hydrogen-bond donors (Lipinski definition) is 1. The molecule has 1 atom stereocenters. The van der Waals surface area contributed by atoms with Crippen LogP contribution in [-0.2, 0) is 14.3 Å². The van der Waals surface area contributed by atoms with Crippen LogP contribution in [0.15, 0.2) is 12.2 Å². The molecule has 0 aliphatic rings. The van der Waals surface area contributed by atoms with Crippen molar-refractivity contribution in [3.63, 3.8) is 0 Å². The number of hydrogen-bond acceptors (Lipinski definition) is 3. The Morgan fingerprint density at radius 1 is 1.38 bits per heavy atom. The molecule has 0 saturated heterocycles. The molecule has 16 heavy (non-hydrogen) atoms. The number of esters is 1. The van der Waals surface area contributed by atoms with Crippen molar-refractivity contribution in [2.75, 3.05) is 0 Å². The van der Waals surface area contributed by atoms with Gasteiger partial charge in [0.1, 0.15) is 5.60 Å². The molecular formula is C12H20O4. The Morgan fingerprint density at radius 3 is 2.31 bits per heavy atom. The van der Waals surface area contributed by atoms with E-state index >= 15 is 0 Å². The first-order valence-electron chi connectivity index (χ1n) is 5.45. The summed E-state index contributed by atoms with van der Waals surface area (Å²) in [6.07, 6.45) is 3.40. The Labute approximate surface area is 96.3 Å². The van der Waals surface area contributed by atoms with Crippen LogP contribution < -0.4 is 0 Å². The van der Waals surface area contributed by atoms with Gasteiger partial charge in [-0.25, -0.2) is 9.59 Å². The smallest absolute Gasteiger partial charge is 0.331 e. The van der Waals surface area contributed by atoms with E-state index in [-0.39, 0.29) is 5.92 Å². The van der Waals surface area contributed by atoms with Crippen molar-refractivity contribution < 1.29 is 19.4 Å². The Kier molecular flexibility index (Phi) is 5.78. The van der Waals surface area contributed by atoms with Gasteiger partial charge < -0.3 is 9.84 Å². The molecule has 4 heteroatoms. The van der Waals surface area contributed by atoms with E-state index in [1.165, 1.54) is 0 Å². The van der Waals surface area contributed by atoms with Crippen molar-refractivity contribution in [3.8, 4) is 0 Å². The summed E-state index contributed by atoms with van der Waals surface area (Å²) in [4.78, 5) is 21.6. The molecule has 0 bridgehead atoms. The summed E-state index contributed by atoms with van der Waals surface area (Å²) in [6.45, 7) is 7.84. The van der Waals surface area contributed by atoms with Gasteiger partial charge in [0.25, 0.3) is 0 Å². The third-order valence-electron chi connectivity index (χ3n) is 2.66. The van der Waals surface area contributed by atoms with Crippen molar-refractivity contribution >= 4 is 11.9 Å². The summed E-state index contributed by atoms with van der Waals surface area (Å²) >= 11 is 0. The van der Waals surface area contributed by atoms with Crippen LogP contribution in [0.25, 0.3) is 0 Å². The van der Waals surface area contributed by atoms with Gasteiger partial charge in [-0.2, -0.15) is 0 Å². The SMILES string of the molecule is CCCC(C)(OC(=O)C=CC(=O)O)C(C)C. The molecule has 0 amide bonds. The first-order chi connectivity index (χ1) is 7.31. The number of carboxylic acid groups (broad SMARTS) is 1. The van der Waals surface area contributed by atoms with Crippen LogP contribution in [0.1, 0.15) is 40.5 Å². The Morgan fingerprint density at radius 2 is 1.94 bits per heavy atom. The molecular weight excluding hydrogens is 208 g/mol. The maximum absolute atomic E-state index is 11.4. The fraction of sp³-hybridized carbons (Fsp3) is 0.667. The minimum atomic E-state index is -1.15. The first-order valence-corrected chi connectivity index (χ1v) is 5.45. The van der Waals surface area contributed by atoms with E-state index in [1.54, 1.807) is 0 Å². The van der Waals surface area contributed by atoms with E-state index in [9.17, 15) is 9.59 Å². The minimum Gasteiger partial charge on any atom is -0.478 e. The number of carboxylic acids is 1. The van der Waals surface area contributed by atoms with Crippen LogP contribution in [0.4, 0.5) is 0 Å². The highest BCUT2D eigenvalue weighted by molar-refractivity contribution is 5.90. The topological polar surface area (TPSA) is 63.6 Å². The van der Waals surface area contributed by atoms with E-state index in [1.807, 2.05) is 27.7 Å². The lowest BCUT2D eigenvalue weighted by atomic mass is 9.88. The molecule has 0 aliphatic carbocycles. The molecule has 0 fully saturated rings. The Balaban J connectivity index is 4.52. The fourth-order valence-electron chi connectivity index (χ4n) is 1.36. The molecule has 0 rings (SSSR count). The lowest BCUT2D eigenvalue weighted by Gasteiger charge is -2.32. The van der Waals surface area contributed by atoms with Gasteiger partial charge in [0.15, 0.2) is 0 Å². The zero-order valence-corrected chi connectivity index (χ0v) is 10.3. The highest BCUT2D eigenvalue weighted by Crippen LogP contribution is 2.27. The van der Waals surface area contributed by atoms with Crippen LogP contribution in [0.3, 0.4) is 0 Å². The molecule has 0 saturated carbocycles. The van der Waals surface area contributed by atoms with Gasteiger partial charge in [-0.3, -0.25) is 0 Å². The third kappa shape index (κ3) is 4.96. The lowest BCUT2D eigenvalue weighted by molar-refractivity contribution is -0.157. The molecule has 0 aromatic heterocycles. The summed E-state index contributed by atoms with van der Waals surface area (Å²) in [6, 6.07) is 0. The first kappa shape index (κ1) is 14.7. The number of carbonyl (C=O) groups excluding carboxylic acids is 1. The minimum absolute atomic E-state index is 0.189. The molecule has 0 radical (unpaired) electrons. The molecule has 0 aromatic rings. The second-order valence-corrected chi connectivity index (χ2v) is 4.31. The fourth-order valence-corrected chi connectivity index (χ4v) is 1.36. The molecule has 0 spiro atoms. The van der Waals surface area contributed by atoms with Crippen LogP contribution in [0, 0.1) is 5.92 Å². The number of rotatable bonds is 6. The molecule has 1 unspecified atom stereocenters. The molecule has 4 nitrogen and oxygen atoms in total. The molecule has 0 aromatic carbocycles. The number of carbonyl (C=O) groups is 2. The van der Waals surface area contributed by atoms with Crippen molar-refractivity contribution in [2.45, 2.75) is 46.1 Å². The normalized spacial score (nSPS) is 15.1. The summed E-state index contributed by atoms with van der Waals surface area (Å²) < 4.78 is 5.30. The van der Waals surface area contributed by atoms with Crippen LogP contribution in [-0.4, -0.2) is 22.6 Å². The van der Waals surface area contributed by atoms with E-state index in [2.05, 4.69) is 0 Å². The van der Waals surface area contributed by atoms with Gasteiger partial charge in [-0.1, -0.05) is 27.2 Å². The quantitative estimate of drug-likeness (QED) is 0.560. The zero-order chi connectivity index (χ0) is 12.8. The van der Waals surface area contributed by atoms with Gasteiger partial charge in [0.05, 0.1) is 0 Å². The predicted octanol–water partition coefficient (Wildman–Crippen LogP) is 2.39. The largest absolute Gasteiger partial charge is 0.478 e. The highest BCUT2D eigenvalue weighted by Gasteiger charge is 2.30. The van der Waals surface area contributed by atoms with E-state index in [4.69, 9.17) is 9.84 Å². The average Bonchev–Trinajstić information content (AvgIpc) is 2.14. The zero-order valence-electron chi connectivity index (χ0n) is 10.3. The number of aliphatic carboxylic acids is 1. The summed E-state index contributed by atoms with van der Waals surface area (Å²) in [5, 5.41) is 8.38. The third-order valence-corrected chi connectivity index (χ3v) is 2.66. The van der Waals surface area contributed by atoms with Gasteiger partial charge in [-0.15, -0.1) is 0 Å². The van der Waals surface area contributed by atoms with Gasteiger partial charge >= 0.3 is 11.9 Å². The second-order valence-electron chi connectivity index (χ2n) is 4.31. The van der Waals surface area contributed by atoms with Gasteiger partial charge in [0, 0.05) is 12.2 Å². The summed E-state index contributed by atoms with van der Waals surface area (Å²) in [5.41, 5.74) is -0.533. The monoisotopic (exact) mass is 228 g/mol. The van der Waals surface area contributed by atoms with E-state index in [0.29, 0.717) is 0 Å². The maximum Gasteiger partial charge on any atom is 0.331 e. The Hall–Kier alpha value is -1.32. The van der Waals surface area contributed by atoms with Crippen LogP contribution in [0.5, 0.6) is 0 Å². The van der Waals surface area contributed by atoms with Crippen molar-refractivity contribution in [1.82, 2.24) is 0 Å². The highest BCUT2D eigenvalue weighted by atomic mass is 16.6. The number of ether oxygens (including phenoxy) is 1. The van der Waals surface area contributed by atoms with E-state index < -0.39 is 17.5 Å². The van der Waals surface area contributed by atoms with Gasteiger partial charge in [0.2, 0.25) is 0 Å². The molecule has 0 aliphatic heterocycles. The van der Waals surface area contributed by atoms with E-state index in [0.717, 1.165) is 25.0 Å². The standard InChI is InChI=1S/C12H20O4/c1-5-8-12(4,9(2)3)16-11(15)7-6-10(13)14/h6-7,9H,5,8H2,1-4H3,(H,13,14). The predicted molar refractivity (Wildman–Crippen MR) is 61.0 cm³/mol. The second kappa shape index (κ2) is 6.30. The average molecular weight is 228 g/mol. The maximum atomic E-state index is 11.4. The molecule has 1 N–H and O–H groups in total.